The lowest BCUT2D eigenvalue weighted by Gasteiger charge is -2.38. The number of aliphatic hydroxyl groups is 1. The van der Waals surface area contributed by atoms with Crippen molar-refractivity contribution in [2.45, 2.75) is 30.5 Å². The molecule has 4 heteroatoms. The predicted molar refractivity (Wildman–Crippen MR) is 114 cm³/mol. The number of benzene rings is 3. The third-order valence-electron chi connectivity index (χ3n) is 5.64. The first-order chi connectivity index (χ1) is 14.2. The van der Waals surface area contributed by atoms with Crippen LogP contribution in [0, 0.1) is 0 Å². The minimum Gasteiger partial charge on any atom is -0.378 e. The monoisotopic (exact) mass is 386 g/mol. The maximum atomic E-state index is 13.1. The highest BCUT2D eigenvalue weighted by Gasteiger charge is 2.43. The van der Waals surface area contributed by atoms with Gasteiger partial charge in [0.1, 0.15) is 5.60 Å². The van der Waals surface area contributed by atoms with Gasteiger partial charge in [0.2, 0.25) is 5.91 Å². The van der Waals surface area contributed by atoms with Crippen LogP contribution in [0.2, 0.25) is 0 Å². The summed E-state index contributed by atoms with van der Waals surface area (Å²) >= 11 is 0. The highest BCUT2D eigenvalue weighted by atomic mass is 16.3. The summed E-state index contributed by atoms with van der Waals surface area (Å²) in [7, 11) is 0. The lowest BCUT2D eigenvalue weighted by atomic mass is 9.77. The lowest BCUT2D eigenvalue weighted by Crippen LogP contribution is -2.49. The molecule has 4 rings (SSSR count). The Morgan fingerprint density at radius 1 is 0.897 bits per heavy atom. The summed E-state index contributed by atoms with van der Waals surface area (Å²) in [6.07, 6.45) is 1.79. The molecule has 0 spiro atoms. The number of hydrogen-bond acceptors (Lipinski definition) is 3. The van der Waals surface area contributed by atoms with Gasteiger partial charge < -0.3 is 15.7 Å². The van der Waals surface area contributed by atoms with E-state index in [4.69, 9.17) is 0 Å². The normalized spacial score (nSPS) is 17.6. The molecule has 3 N–H and O–H groups in total. The predicted octanol–water partition coefficient (Wildman–Crippen LogP) is 3.53. The molecule has 1 fully saturated rings. The molecule has 29 heavy (non-hydrogen) atoms. The molecule has 1 amide bonds. The Balaban J connectivity index is 1.83. The van der Waals surface area contributed by atoms with E-state index in [0.717, 1.165) is 36.1 Å². The molecule has 4 nitrogen and oxygen atoms in total. The van der Waals surface area contributed by atoms with Crippen LogP contribution in [0.3, 0.4) is 0 Å². The van der Waals surface area contributed by atoms with Gasteiger partial charge in [0.15, 0.2) is 0 Å². The summed E-state index contributed by atoms with van der Waals surface area (Å²) in [6.45, 7) is 0.843. The molecule has 1 heterocycles. The zero-order valence-electron chi connectivity index (χ0n) is 16.3. The molecule has 0 saturated carbocycles. The topological polar surface area (TPSA) is 61.4 Å². The number of carbonyl (C=O) groups excluding carboxylic acids is 1. The van der Waals surface area contributed by atoms with Gasteiger partial charge >= 0.3 is 0 Å². The fraction of sp³-hybridized carbons (Fsp3) is 0.240. The maximum absolute atomic E-state index is 13.1. The van der Waals surface area contributed by atoms with E-state index in [-0.39, 0.29) is 11.9 Å². The standard InChI is InChI=1S/C25H26N2O2/c28-24(22-17-10-18-26-22)27-23(19-11-4-1-5-12-19)25(29,20-13-6-2-7-14-20)21-15-8-3-9-16-21/h1-9,11-16,22-23,26,29H,10,17-18H2,(H,27,28)/t22-,23-/m0/s1. The Hall–Kier alpha value is -2.95. The van der Waals surface area contributed by atoms with Crippen molar-refractivity contribution in [3.8, 4) is 0 Å². The second-order valence-corrected chi connectivity index (χ2v) is 7.50. The molecule has 1 saturated heterocycles. The maximum Gasteiger partial charge on any atom is 0.237 e. The summed E-state index contributed by atoms with van der Waals surface area (Å²) in [4.78, 5) is 13.1. The SMILES string of the molecule is O=C(N[C@@H](c1ccccc1)C(O)(c1ccccc1)c1ccccc1)[C@@H]1CCCN1. The van der Waals surface area contributed by atoms with Crippen LogP contribution in [0.4, 0.5) is 0 Å². The molecule has 0 aliphatic carbocycles. The van der Waals surface area contributed by atoms with Gasteiger partial charge in [-0.25, -0.2) is 0 Å². The van der Waals surface area contributed by atoms with E-state index >= 15 is 0 Å². The molecule has 0 aromatic heterocycles. The molecular weight excluding hydrogens is 360 g/mol. The average Bonchev–Trinajstić information content (AvgIpc) is 3.34. The zero-order chi connectivity index (χ0) is 20.1. The number of amides is 1. The van der Waals surface area contributed by atoms with E-state index in [1.807, 2.05) is 91.0 Å². The molecule has 3 aromatic rings. The first-order valence-corrected chi connectivity index (χ1v) is 10.1. The summed E-state index contributed by atoms with van der Waals surface area (Å²) in [6, 6.07) is 27.9. The Labute approximate surface area is 171 Å². The molecule has 148 valence electrons. The molecule has 0 radical (unpaired) electrons. The van der Waals surface area contributed by atoms with Crippen molar-refractivity contribution in [1.82, 2.24) is 10.6 Å². The van der Waals surface area contributed by atoms with Crippen LogP contribution >= 0.6 is 0 Å². The van der Waals surface area contributed by atoms with Crippen molar-refractivity contribution >= 4 is 5.91 Å². The van der Waals surface area contributed by atoms with Crippen molar-refractivity contribution in [2.75, 3.05) is 6.54 Å². The summed E-state index contributed by atoms with van der Waals surface area (Å²) in [5, 5.41) is 18.6. The third-order valence-corrected chi connectivity index (χ3v) is 5.64. The molecule has 0 unspecified atom stereocenters. The Bertz CT molecular complexity index is 883. The second kappa shape index (κ2) is 8.60. The highest BCUT2D eigenvalue weighted by molar-refractivity contribution is 5.82. The van der Waals surface area contributed by atoms with Crippen molar-refractivity contribution in [1.29, 1.82) is 0 Å². The van der Waals surface area contributed by atoms with Crippen LogP contribution in [-0.2, 0) is 10.4 Å². The Morgan fingerprint density at radius 2 is 1.41 bits per heavy atom. The van der Waals surface area contributed by atoms with Crippen LogP contribution in [-0.4, -0.2) is 23.6 Å². The summed E-state index contributed by atoms with van der Waals surface area (Å²) < 4.78 is 0. The largest absolute Gasteiger partial charge is 0.378 e. The molecule has 2 atom stereocenters. The second-order valence-electron chi connectivity index (χ2n) is 7.50. The van der Waals surface area contributed by atoms with Gasteiger partial charge in [0, 0.05) is 0 Å². The van der Waals surface area contributed by atoms with Crippen molar-refractivity contribution in [3.63, 3.8) is 0 Å². The van der Waals surface area contributed by atoms with Crippen LogP contribution in [0.25, 0.3) is 0 Å². The first kappa shape index (κ1) is 19.4. The Morgan fingerprint density at radius 3 is 1.90 bits per heavy atom. The molecule has 1 aliphatic heterocycles. The lowest BCUT2D eigenvalue weighted by molar-refractivity contribution is -0.125. The minimum atomic E-state index is -1.42. The van der Waals surface area contributed by atoms with Crippen molar-refractivity contribution in [3.05, 3.63) is 108 Å². The van der Waals surface area contributed by atoms with Gasteiger partial charge in [-0.1, -0.05) is 91.0 Å². The summed E-state index contributed by atoms with van der Waals surface area (Å²) in [5.41, 5.74) is 0.909. The van der Waals surface area contributed by atoms with Gasteiger partial charge in [0.25, 0.3) is 0 Å². The van der Waals surface area contributed by atoms with Gasteiger partial charge in [0.05, 0.1) is 12.1 Å². The Kier molecular flexibility index (Phi) is 5.74. The fourth-order valence-corrected chi connectivity index (χ4v) is 4.11. The van der Waals surface area contributed by atoms with E-state index in [9.17, 15) is 9.90 Å². The average molecular weight is 386 g/mol. The first-order valence-electron chi connectivity index (χ1n) is 10.1. The minimum absolute atomic E-state index is 0.0818. The van der Waals surface area contributed by atoms with Crippen LogP contribution in [0.15, 0.2) is 91.0 Å². The third kappa shape index (κ3) is 3.95. The number of carbonyl (C=O) groups is 1. The smallest absolute Gasteiger partial charge is 0.237 e. The number of rotatable bonds is 6. The van der Waals surface area contributed by atoms with E-state index < -0.39 is 11.6 Å². The van der Waals surface area contributed by atoms with Crippen LogP contribution in [0.5, 0.6) is 0 Å². The van der Waals surface area contributed by atoms with Gasteiger partial charge in [-0.05, 0) is 36.1 Å². The van der Waals surface area contributed by atoms with Gasteiger partial charge in [-0.3, -0.25) is 4.79 Å². The molecule has 3 aromatic carbocycles. The van der Waals surface area contributed by atoms with Gasteiger partial charge in [-0.2, -0.15) is 0 Å². The van der Waals surface area contributed by atoms with Crippen LogP contribution in [0.1, 0.15) is 35.6 Å². The van der Waals surface area contributed by atoms with E-state index in [2.05, 4.69) is 10.6 Å². The quantitative estimate of drug-likeness (QED) is 0.607. The molecular formula is C25H26N2O2. The zero-order valence-corrected chi connectivity index (χ0v) is 16.3. The van der Waals surface area contributed by atoms with E-state index in [0.29, 0.717) is 0 Å². The highest BCUT2D eigenvalue weighted by Crippen LogP contribution is 2.41. The van der Waals surface area contributed by atoms with Crippen LogP contribution < -0.4 is 10.6 Å². The van der Waals surface area contributed by atoms with E-state index in [1.165, 1.54) is 0 Å². The fourth-order valence-electron chi connectivity index (χ4n) is 4.11. The number of nitrogens with one attached hydrogen (secondary N) is 2. The van der Waals surface area contributed by atoms with E-state index in [1.54, 1.807) is 0 Å². The van der Waals surface area contributed by atoms with Crippen molar-refractivity contribution in [2.24, 2.45) is 0 Å². The number of hydrogen-bond donors (Lipinski definition) is 3. The summed E-state index contributed by atoms with van der Waals surface area (Å²) in [5.74, 6) is -0.0818. The molecule has 0 bridgehead atoms. The molecule has 1 aliphatic rings. The van der Waals surface area contributed by atoms with Crippen molar-refractivity contribution < 1.29 is 9.90 Å². The van der Waals surface area contributed by atoms with Gasteiger partial charge in [-0.15, -0.1) is 0 Å².